The molecule has 0 radical (unpaired) electrons. The van der Waals surface area contributed by atoms with Crippen molar-refractivity contribution in [3.8, 4) is 11.5 Å². The quantitative estimate of drug-likeness (QED) is 0.283. The Morgan fingerprint density at radius 2 is 1.74 bits per heavy atom. The zero-order chi connectivity index (χ0) is 27.1. The smallest absolute Gasteiger partial charge is 0.242 e. The summed E-state index contributed by atoms with van der Waals surface area (Å²) in [5.74, 6) is 1.66. The summed E-state index contributed by atoms with van der Waals surface area (Å²) in [7, 11) is 3.24. The molecule has 2 aromatic carbocycles. The highest BCUT2D eigenvalue weighted by atomic mass is 32.1. The van der Waals surface area contributed by atoms with E-state index >= 15 is 0 Å². The third-order valence-electron chi connectivity index (χ3n) is 7.24. The summed E-state index contributed by atoms with van der Waals surface area (Å²) in [5, 5.41) is 2.06. The molecular weight excluding hydrogens is 496 g/mol. The lowest BCUT2D eigenvalue weighted by atomic mass is 10.1. The predicted octanol–water partition coefficient (Wildman–Crippen LogP) is 5.69. The molecule has 1 saturated carbocycles. The van der Waals surface area contributed by atoms with Crippen molar-refractivity contribution in [2.75, 3.05) is 33.9 Å². The lowest BCUT2D eigenvalue weighted by Crippen LogP contribution is -2.44. The number of carbonyl (C=O) groups excluding carboxylic acids is 2. The van der Waals surface area contributed by atoms with Crippen LogP contribution < -0.4 is 9.47 Å². The first-order valence-electron chi connectivity index (χ1n) is 13.3. The van der Waals surface area contributed by atoms with E-state index in [0.717, 1.165) is 18.4 Å². The SMILES string of the molecule is CCCN(CC(=O)N(CCc1ccc(OC)c(OC)c1)Cc1sccc1C)C(=O)C1C[C@H]1c1ccccc1. The van der Waals surface area contributed by atoms with Crippen LogP contribution in [0.15, 0.2) is 60.0 Å². The lowest BCUT2D eigenvalue weighted by Gasteiger charge is -2.28. The van der Waals surface area contributed by atoms with E-state index in [0.29, 0.717) is 37.6 Å². The third-order valence-corrected chi connectivity index (χ3v) is 8.25. The molecule has 202 valence electrons. The Hall–Kier alpha value is -3.32. The van der Waals surface area contributed by atoms with Crippen LogP contribution in [0.25, 0.3) is 0 Å². The van der Waals surface area contributed by atoms with E-state index in [1.54, 1.807) is 30.5 Å². The molecule has 1 aliphatic rings. The fourth-order valence-electron chi connectivity index (χ4n) is 4.90. The van der Waals surface area contributed by atoms with Crippen LogP contribution in [0.3, 0.4) is 0 Å². The first kappa shape index (κ1) is 27.7. The molecule has 2 atom stereocenters. The highest BCUT2D eigenvalue weighted by Crippen LogP contribution is 2.48. The Balaban J connectivity index is 1.46. The molecule has 4 rings (SSSR count). The van der Waals surface area contributed by atoms with Gasteiger partial charge in [-0.3, -0.25) is 9.59 Å². The van der Waals surface area contributed by atoms with Crippen molar-refractivity contribution in [3.05, 3.63) is 81.5 Å². The highest BCUT2D eigenvalue weighted by Gasteiger charge is 2.45. The predicted molar refractivity (Wildman–Crippen MR) is 152 cm³/mol. The van der Waals surface area contributed by atoms with Gasteiger partial charge in [0.15, 0.2) is 11.5 Å². The van der Waals surface area contributed by atoms with E-state index in [1.807, 2.05) is 41.3 Å². The van der Waals surface area contributed by atoms with Crippen LogP contribution in [0.1, 0.15) is 47.3 Å². The van der Waals surface area contributed by atoms with E-state index < -0.39 is 0 Å². The van der Waals surface area contributed by atoms with Crippen molar-refractivity contribution in [2.24, 2.45) is 5.92 Å². The van der Waals surface area contributed by atoms with Crippen LogP contribution in [0.2, 0.25) is 0 Å². The van der Waals surface area contributed by atoms with Crippen molar-refractivity contribution in [2.45, 2.75) is 45.6 Å². The molecular formula is C31H38N2O4S. The molecule has 2 amide bonds. The molecule has 38 heavy (non-hydrogen) atoms. The molecule has 1 aromatic heterocycles. The number of hydrogen-bond donors (Lipinski definition) is 0. The minimum atomic E-state index is -0.0310. The van der Waals surface area contributed by atoms with Crippen LogP contribution in [0.4, 0.5) is 0 Å². The van der Waals surface area contributed by atoms with Crippen LogP contribution in [-0.4, -0.2) is 55.5 Å². The third kappa shape index (κ3) is 6.76. The summed E-state index contributed by atoms with van der Waals surface area (Å²) in [5.41, 5.74) is 3.45. The molecule has 3 aromatic rings. The summed E-state index contributed by atoms with van der Waals surface area (Å²) < 4.78 is 10.8. The number of benzene rings is 2. The topological polar surface area (TPSA) is 59.1 Å². The van der Waals surface area contributed by atoms with Gasteiger partial charge in [0, 0.05) is 23.9 Å². The number of hydrogen-bond acceptors (Lipinski definition) is 5. The van der Waals surface area contributed by atoms with Gasteiger partial charge in [-0.1, -0.05) is 43.3 Å². The molecule has 0 bridgehead atoms. The number of ether oxygens (including phenoxy) is 2. The number of carbonyl (C=O) groups is 2. The molecule has 1 fully saturated rings. The first-order chi connectivity index (χ1) is 18.4. The Labute approximate surface area is 230 Å². The van der Waals surface area contributed by atoms with E-state index in [4.69, 9.17) is 9.47 Å². The van der Waals surface area contributed by atoms with Gasteiger partial charge in [-0.05, 0) is 72.4 Å². The Kier molecular flexibility index (Phi) is 9.45. The maximum absolute atomic E-state index is 13.7. The molecule has 1 unspecified atom stereocenters. The Morgan fingerprint density at radius 3 is 2.39 bits per heavy atom. The maximum Gasteiger partial charge on any atom is 0.242 e. The number of nitrogens with zero attached hydrogens (tertiary/aromatic N) is 2. The number of aryl methyl sites for hydroxylation is 1. The maximum atomic E-state index is 13.7. The van der Waals surface area contributed by atoms with E-state index in [1.165, 1.54) is 16.0 Å². The molecule has 1 heterocycles. The molecule has 0 N–H and O–H groups in total. The van der Waals surface area contributed by atoms with Gasteiger partial charge in [-0.2, -0.15) is 0 Å². The molecule has 0 spiro atoms. The minimum absolute atomic E-state index is 0.0167. The number of thiophene rings is 1. The van der Waals surface area contributed by atoms with E-state index in [9.17, 15) is 9.59 Å². The number of rotatable bonds is 13. The fourth-order valence-corrected chi connectivity index (χ4v) is 5.82. The van der Waals surface area contributed by atoms with Crippen LogP contribution in [0, 0.1) is 12.8 Å². The van der Waals surface area contributed by atoms with Crippen LogP contribution in [0.5, 0.6) is 11.5 Å². The van der Waals surface area contributed by atoms with Crippen LogP contribution >= 0.6 is 11.3 Å². The van der Waals surface area contributed by atoms with Crippen LogP contribution in [-0.2, 0) is 22.6 Å². The monoisotopic (exact) mass is 534 g/mol. The molecule has 6 nitrogen and oxygen atoms in total. The van der Waals surface area contributed by atoms with Crippen molar-refractivity contribution < 1.29 is 19.1 Å². The standard InChI is InChI=1S/C31H38N2O4S/c1-5-15-33(31(35)26-19-25(26)24-9-7-6-8-10-24)21-30(34)32(20-29-22(2)14-17-38-29)16-13-23-11-12-27(36-3)28(18-23)37-4/h6-12,14,17-18,25-26H,5,13,15-16,19-21H2,1-4H3/t25-,26?/m0/s1. The zero-order valence-electron chi connectivity index (χ0n) is 22.8. The average molecular weight is 535 g/mol. The normalized spacial score (nSPS) is 16.1. The summed E-state index contributed by atoms with van der Waals surface area (Å²) in [6.45, 7) is 5.92. The second-order valence-electron chi connectivity index (χ2n) is 9.90. The van der Waals surface area contributed by atoms with E-state index in [-0.39, 0.29) is 30.2 Å². The molecule has 1 aliphatic carbocycles. The summed E-state index contributed by atoms with van der Waals surface area (Å²) >= 11 is 1.67. The molecule has 0 aliphatic heterocycles. The summed E-state index contributed by atoms with van der Waals surface area (Å²) in [6.07, 6.45) is 2.35. The van der Waals surface area contributed by atoms with Gasteiger partial charge in [0.2, 0.25) is 11.8 Å². The highest BCUT2D eigenvalue weighted by molar-refractivity contribution is 7.10. The van der Waals surface area contributed by atoms with E-state index in [2.05, 4.69) is 37.4 Å². The number of amides is 2. The first-order valence-corrected chi connectivity index (χ1v) is 14.2. The van der Waals surface area contributed by atoms with Gasteiger partial charge >= 0.3 is 0 Å². The van der Waals surface area contributed by atoms with Crippen molar-refractivity contribution in [3.63, 3.8) is 0 Å². The second-order valence-corrected chi connectivity index (χ2v) is 10.9. The van der Waals surface area contributed by atoms with Gasteiger partial charge in [0.05, 0.1) is 27.3 Å². The van der Waals surface area contributed by atoms with Gasteiger partial charge in [0.1, 0.15) is 0 Å². The van der Waals surface area contributed by atoms with Gasteiger partial charge < -0.3 is 19.3 Å². The average Bonchev–Trinajstić information content (AvgIpc) is 3.65. The minimum Gasteiger partial charge on any atom is -0.493 e. The van der Waals surface area contributed by atoms with Crippen molar-refractivity contribution >= 4 is 23.2 Å². The number of methoxy groups -OCH3 is 2. The zero-order valence-corrected chi connectivity index (χ0v) is 23.6. The molecule has 0 saturated heterocycles. The Morgan fingerprint density at radius 1 is 0.974 bits per heavy atom. The van der Waals surface area contributed by atoms with Crippen molar-refractivity contribution in [1.82, 2.24) is 9.80 Å². The van der Waals surface area contributed by atoms with Gasteiger partial charge in [0.25, 0.3) is 0 Å². The van der Waals surface area contributed by atoms with Gasteiger partial charge in [-0.25, -0.2) is 0 Å². The summed E-state index contributed by atoms with van der Waals surface area (Å²) in [4.78, 5) is 32.0. The Bertz CT molecular complexity index is 1230. The lowest BCUT2D eigenvalue weighted by molar-refractivity contribution is -0.141. The van der Waals surface area contributed by atoms with Gasteiger partial charge in [-0.15, -0.1) is 11.3 Å². The van der Waals surface area contributed by atoms with Crippen molar-refractivity contribution in [1.29, 1.82) is 0 Å². The largest absolute Gasteiger partial charge is 0.493 e. The fraction of sp³-hybridized carbons (Fsp3) is 0.419. The molecule has 7 heteroatoms. The second kappa shape index (κ2) is 13.0. The summed E-state index contributed by atoms with van der Waals surface area (Å²) in [6, 6.07) is 18.2.